The van der Waals surface area contributed by atoms with Crippen molar-refractivity contribution in [2.75, 3.05) is 6.61 Å². The van der Waals surface area contributed by atoms with Crippen LogP contribution in [0.4, 0.5) is 0 Å². The topological polar surface area (TPSA) is 122 Å². The number of amides is 1. The summed E-state index contributed by atoms with van der Waals surface area (Å²) >= 11 is 5.75. The zero-order chi connectivity index (χ0) is 22.8. The van der Waals surface area contributed by atoms with Crippen LogP contribution in [0, 0.1) is 4.77 Å². The Bertz CT molecular complexity index is 1130. The highest BCUT2D eigenvalue weighted by molar-refractivity contribution is 7.71. The molecule has 0 saturated carbocycles. The van der Waals surface area contributed by atoms with Crippen LogP contribution >= 0.6 is 12.2 Å². The Morgan fingerprint density at radius 1 is 1.09 bits per heavy atom. The SMILES string of the molecule is CC(=O)N[C@@H]1[C@H](O)[C@H](O)[C@H](CO)O[C@H]1n1nc(-c2ccccc2)n(-c2ccccc2)c1=S. The third kappa shape index (κ3) is 4.10. The summed E-state index contributed by atoms with van der Waals surface area (Å²) in [6, 6.07) is 17.8. The summed E-state index contributed by atoms with van der Waals surface area (Å²) in [6.07, 6.45) is -4.94. The second kappa shape index (κ2) is 9.31. The van der Waals surface area contributed by atoms with E-state index < -0.39 is 43.1 Å². The molecule has 1 aromatic heterocycles. The van der Waals surface area contributed by atoms with Crippen LogP contribution in [0.3, 0.4) is 0 Å². The monoisotopic (exact) mass is 456 g/mol. The molecule has 32 heavy (non-hydrogen) atoms. The van der Waals surface area contributed by atoms with E-state index in [1.54, 1.807) is 4.57 Å². The molecule has 0 radical (unpaired) electrons. The Balaban J connectivity index is 1.89. The Morgan fingerprint density at radius 2 is 1.72 bits per heavy atom. The van der Waals surface area contributed by atoms with Crippen LogP contribution in [0.1, 0.15) is 13.2 Å². The van der Waals surface area contributed by atoms with Gasteiger partial charge in [0.15, 0.2) is 12.1 Å². The zero-order valence-corrected chi connectivity index (χ0v) is 18.1. The van der Waals surface area contributed by atoms with E-state index in [-0.39, 0.29) is 4.77 Å². The average Bonchev–Trinajstić information content (AvgIpc) is 3.15. The molecule has 1 aliphatic heterocycles. The van der Waals surface area contributed by atoms with Crippen LogP contribution in [0.2, 0.25) is 0 Å². The number of hydrogen-bond acceptors (Lipinski definition) is 7. The van der Waals surface area contributed by atoms with Gasteiger partial charge in [-0.15, -0.1) is 5.10 Å². The lowest BCUT2D eigenvalue weighted by atomic mass is 9.96. The van der Waals surface area contributed by atoms with Gasteiger partial charge in [-0.05, 0) is 24.4 Å². The van der Waals surface area contributed by atoms with Gasteiger partial charge in [-0.1, -0.05) is 48.5 Å². The standard InChI is InChI=1S/C22H24N4O5S/c1-13(28)23-17-19(30)18(29)16(12-27)31-21(17)26-22(32)25(15-10-6-3-7-11-15)20(24-26)14-8-4-2-5-9-14/h2-11,16-19,21,27,29-30H,12H2,1H3,(H,23,28)/t16-,17+,18+,19-,21+/m0/s1. The molecule has 168 valence electrons. The van der Waals surface area contributed by atoms with Crippen LogP contribution in [0.25, 0.3) is 17.1 Å². The number of carbonyl (C=O) groups is 1. The summed E-state index contributed by atoms with van der Waals surface area (Å²) in [6.45, 7) is 0.769. The molecule has 10 heteroatoms. The fourth-order valence-electron chi connectivity index (χ4n) is 3.83. The van der Waals surface area contributed by atoms with E-state index in [1.807, 2.05) is 60.7 Å². The van der Waals surface area contributed by atoms with Gasteiger partial charge < -0.3 is 25.4 Å². The van der Waals surface area contributed by atoms with Gasteiger partial charge in [-0.3, -0.25) is 9.36 Å². The fourth-order valence-corrected chi connectivity index (χ4v) is 4.17. The Labute approximate surface area is 189 Å². The molecule has 1 aliphatic rings. The summed E-state index contributed by atoms with van der Waals surface area (Å²) in [5.41, 5.74) is 1.57. The highest BCUT2D eigenvalue weighted by Crippen LogP contribution is 2.31. The Morgan fingerprint density at radius 3 is 2.31 bits per heavy atom. The van der Waals surface area contributed by atoms with Gasteiger partial charge in [0, 0.05) is 18.2 Å². The minimum absolute atomic E-state index is 0.260. The summed E-state index contributed by atoms with van der Waals surface area (Å²) in [4.78, 5) is 11.8. The molecule has 2 heterocycles. The number of para-hydroxylation sites is 1. The number of nitrogens with one attached hydrogen (secondary N) is 1. The van der Waals surface area contributed by atoms with E-state index >= 15 is 0 Å². The summed E-state index contributed by atoms with van der Waals surface area (Å²) in [5.74, 6) is 0.114. The first kappa shape index (κ1) is 22.3. The molecule has 4 N–H and O–H groups in total. The molecule has 0 aliphatic carbocycles. The first-order valence-electron chi connectivity index (χ1n) is 10.1. The maximum absolute atomic E-state index is 11.8. The summed E-state index contributed by atoms with van der Waals surface area (Å²) in [7, 11) is 0. The van der Waals surface area contributed by atoms with E-state index in [9.17, 15) is 20.1 Å². The molecular weight excluding hydrogens is 432 g/mol. The molecular formula is C22H24N4O5S. The number of aliphatic hydroxyl groups is 3. The molecule has 0 bridgehead atoms. The minimum Gasteiger partial charge on any atom is -0.394 e. The molecule has 0 spiro atoms. The molecule has 4 rings (SSSR count). The zero-order valence-electron chi connectivity index (χ0n) is 17.3. The second-order valence-electron chi connectivity index (χ2n) is 7.54. The molecule has 1 amide bonds. The number of aromatic nitrogens is 3. The number of rotatable bonds is 5. The fraction of sp³-hybridized carbons (Fsp3) is 0.318. The normalized spacial score (nSPS) is 25.4. The molecule has 0 unspecified atom stereocenters. The maximum Gasteiger partial charge on any atom is 0.217 e. The quantitative estimate of drug-likeness (QED) is 0.426. The van der Waals surface area contributed by atoms with E-state index in [4.69, 9.17) is 22.1 Å². The van der Waals surface area contributed by atoms with Gasteiger partial charge in [0.05, 0.1) is 6.61 Å². The average molecular weight is 457 g/mol. The molecule has 3 aromatic rings. The molecule has 1 fully saturated rings. The third-order valence-corrected chi connectivity index (χ3v) is 5.73. The Kier molecular flexibility index (Phi) is 6.49. The number of ether oxygens (including phenoxy) is 1. The van der Waals surface area contributed by atoms with Gasteiger partial charge in [0.2, 0.25) is 10.7 Å². The lowest BCUT2D eigenvalue weighted by Crippen LogP contribution is -2.62. The summed E-state index contributed by atoms with van der Waals surface area (Å²) < 4.78 is 9.30. The second-order valence-corrected chi connectivity index (χ2v) is 7.91. The highest BCUT2D eigenvalue weighted by atomic mass is 32.1. The number of carbonyl (C=O) groups excluding carboxylic acids is 1. The largest absolute Gasteiger partial charge is 0.394 e. The number of nitrogens with zero attached hydrogens (tertiary/aromatic N) is 3. The van der Waals surface area contributed by atoms with Crippen molar-refractivity contribution in [2.24, 2.45) is 0 Å². The van der Waals surface area contributed by atoms with Crippen molar-refractivity contribution in [3.63, 3.8) is 0 Å². The van der Waals surface area contributed by atoms with E-state index in [2.05, 4.69) is 5.32 Å². The number of aliphatic hydroxyl groups excluding tert-OH is 3. The van der Waals surface area contributed by atoms with Crippen molar-refractivity contribution in [1.82, 2.24) is 19.7 Å². The summed E-state index contributed by atoms with van der Waals surface area (Å²) in [5, 5.41) is 38.0. The van der Waals surface area contributed by atoms with Gasteiger partial charge >= 0.3 is 0 Å². The van der Waals surface area contributed by atoms with Crippen molar-refractivity contribution < 1.29 is 24.9 Å². The lowest BCUT2D eigenvalue weighted by Gasteiger charge is -2.42. The molecule has 9 nitrogen and oxygen atoms in total. The highest BCUT2D eigenvalue weighted by Gasteiger charge is 2.46. The van der Waals surface area contributed by atoms with Crippen molar-refractivity contribution >= 4 is 18.1 Å². The van der Waals surface area contributed by atoms with E-state index in [1.165, 1.54) is 11.6 Å². The third-order valence-electron chi connectivity index (χ3n) is 5.36. The van der Waals surface area contributed by atoms with Crippen LogP contribution in [0.15, 0.2) is 60.7 Å². The predicted molar refractivity (Wildman–Crippen MR) is 118 cm³/mol. The first-order chi connectivity index (χ1) is 15.4. The van der Waals surface area contributed by atoms with Crippen LogP contribution in [-0.4, -0.2) is 66.5 Å². The van der Waals surface area contributed by atoms with Crippen LogP contribution in [-0.2, 0) is 9.53 Å². The van der Waals surface area contributed by atoms with Crippen molar-refractivity contribution in [3.05, 3.63) is 65.4 Å². The van der Waals surface area contributed by atoms with Crippen molar-refractivity contribution in [2.45, 2.75) is 37.5 Å². The first-order valence-corrected chi connectivity index (χ1v) is 10.5. The molecule has 5 atom stereocenters. The van der Waals surface area contributed by atoms with E-state index in [0.29, 0.717) is 5.82 Å². The van der Waals surface area contributed by atoms with Gasteiger partial charge in [0.1, 0.15) is 24.4 Å². The lowest BCUT2D eigenvalue weighted by molar-refractivity contribution is -0.219. The maximum atomic E-state index is 11.8. The van der Waals surface area contributed by atoms with Crippen molar-refractivity contribution in [3.8, 4) is 17.1 Å². The van der Waals surface area contributed by atoms with Gasteiger partial charge in [0.25, 0.3) is 0 Å². The smallest absolute Gasteiger partial charge is 0.217 e. The number of hydrogen-bond donors (Lipinski definition) is 4. The predicted octanol–water partition coefficient (Wildman–Crippen LogP) is 1.19. The van der Waals surface area contributed by atoms with Crippen LogP contribution in [0.5, 0.6) is 0 Å². The molecule has 1 saturated heterocycles. The van der Waals surface area contributed by atoms with Crippen molar-refractivity contribution in [1.29, 1.82) is 0 Å². The van der Waals surface area contributed by atoms with Crippen LogP contribution < -0.4 is 5.32 Å². The Hall–Kier alpha value is -2.89. The molecule has 2 aromatic carbocycles. The van der Waals surface area contributed by atoms with Gasteiger partial charge in [-0.25, -0.2) is 4.68 Å². The van der Waals surface area contributed by atoms with E-state index in [0.717, 1.165) is 11.3 Å². The number of benzene rings is 2. The minimum atomic E-state index is -1.40. The van der Waals surface area contributed by atoms with Gasteiger partial charge in [-0.2, -0.15) is 0 Å².